The number of likely N-dealkylation sites (tertiary alicyclic amines) is 2. The molecule has 31 heavy (non-hydrogen) atoms. The van der Waals surface area contributed by atoms with Crippen molar-refractivity contribution in [3.8, 4) is 0 Å². The summed E-state index contributed by atoms with van der Waals surface area (Å²) < 4.78 is 0. The number of hydrogen-bond acceptors (Lipinski definition) is 5. The number of nitrogens with one attached hydrogen (secondary N) is 1. The fourth-order valence-electron chi connectivity index (χ4n) is 3.72. The second-order valence-electron chi connectivity index (χ2n) is 7.44. The smallest absolute Gasteiger partial charge is 0.278 e. The lowest BCUT2D eigenvalue weighted by molar-refractivity contribution is -0.428. The Kier molecular flexibility index (Phi) is 5.57. The molecule has 9 heteroatoms. The fourth-order valence-corrected chi connectivity index (χ4v) is 3.72. The second kappa shape index (κ2) is 8.47. The topological polar surface area (TPSA) is 107 Å². The summed E-state index contributed by atoms with van der Waals surface area (Å²) in [6, 6.07) is 13.6. The first kappa shape index (κ1) is 20.4. The molecular weight excluding hydrogens is 400 g/mol. The van der Waals surface area contributed by atoms with Gasteiger partial charge < -0.3 is 0 Å². The van der Waals surface area contributed by atoms with Gasteiger partial charge in [-0.25, -0.2) is 0 Å². The van der Waals surface area contributed by atoms with Crippen LogP contribution >= 0.6 is 0 Å². The Balaban J connectivity index is 1.55. The summed E-state index contributed by atoms with van der Waals surface area (Å²) in [5.41, 5.74) is 4.62. The van der Waals surface area contributed by atoms with Gasteiger partial charge in [0.25, 0.3) is 5.69 Å². The van der Waals surface area contributed by atoms with Gasteiger partial charge >= 0.3 is 0 Å². The van der Waals surface area contributed by atoms with E-state index in [-0.39, 0.29) is 68.1 Å². The molecule has 0 saturated carbocycles. The van der Waals surface area contributed by atoms with Crippen LogP contribution in [-0.2, 0) is 32.3 Å². The Morgan fingerprint density at radius 3 is 1.71 bits per heavy atom. The van der Waals surface area contributed by atoms with Crippen LogP contribution in [0.4, 0.5) is 11.4 Å². The molecule has 0 spiro atoms. The van der Waals surface area contributed by atoms with Crippen LogP contribution in [0.1, 0.15) is 36.8 Å². The van der Waals surface area contributed by atoms with Crippen molar-refractivity contribution < 1.29 is 24.0 Å². The van der Waals surface area contributed by atoms with Crippen LogP contribution in [0.2, 0.25) is 0 Å². The molecule has 2 aliphatic rings. The molecule has 9 nitrogen and oxygen atoms in total. The van der Waals surface area contributed by atoms with Crippen molar-refractivity contribution in [3.63, 3.8) is 0 Å². The monoisotopic (exact) mass is 421 g/mol. The van der Waals surface area contributed by atoms with Gasteiger partial charge in [0.2, 0.25) is 23.6 Å². The van der Waals surface area contributed by atoms with E-state index in [2.05, 4.69) is 5.43 Å². The van der Waals surface area contributed by atoms with Crippen LogP contribution in [-0.4, -0.2) is 38.3 Å². The van der Waals surface area contributed by atoms with Gasteiger partial charge in [-0.2, -0.15) is 0 Å². The number of amides is 4. The highest BCUT2D eigenvalue weighted by Gasteiger charge is 2.32. The summed E-state index contributed by atoms with van der Waals surface area (Å²) in [5, 5.41) is 0. The summed E-state index contributed by atoms with van der Waals surface area (Å²) in [5.74, 6) is -0.973. The molecule has 1 N–H and O–H groups in total. The summed E-state index contributed by atoms with van der Waals surface area (Å²) in [6.07, 6.45) is 0.760. The lowest BCUT2D eigenvalue weighted by atomic mass is 10.1. The maximum absolute atomic E-state index is 13.0. The van der Waals surface area contributed by atoms with Crippen LogP contribution in [0.25, 0.3) is 0 Å². The van der Waals surface area contributed by atoms with E-state index in [0.717, 1.165) is 4.90 Å². The van der Waals surface area contributed by atoms with Gasteiger partial charge in [-0.05, 0) is 6.07 Å². The van der Waals surface area contributed by atoms with Crippen molar-refractivity contribution in [2.24, 2.45) is 0 Å². The standard InChI is InChI=1S/C22H21N4O5/c27-19-9-10-20(28)24(19)13-15-5-1-3-7-17(15)23-26(31)18-8-4-2-6-16(18)14-25-21(29)11-12-22(25)30/h1-8H,9-14H2,(H,23,31)/q+1. The number of carbonyl (C=O) groups is 4. The highest BCUT2D eigenvalue weighted by molar-refractivity contribution is 6.02. The minimum absolute atomic E-state index is 0.0205. The molecule has 0 radical (unpaired) electrons. The van der Waals surface area contributed by atoms with Crippen molar-refractivity contribution >= 4 is 35.0 Å². The quantitative estimate of drug-likeness (QED) is 0.418. The number of para-hydroxylation sites is 2. The third kappa shape index (κ3) is 4.20. The molecule has 2 heterocycles. The van der Waals surface area contributed by atoms with Gasteiger partial charge in [-0.3, -0.25) is 29.0 Å². The number of hydrazine groups is 1. The molecule has 0 bridgehead atoms. The molecule has 0 unspecified atom stereocenters. The zero-order chi connectivity index (χ0) is 22.0. The van der Waals surface area contributed by atoms with E-state index in [1.807, 2.05) is 0 Å². The van der Waals surface area contributed by atoms with E-state index >= 15 is 0 Å². The molecule has 2 saturated heterocycles. The first-order valence-electron chi connectivity index (χ1n) is 10.00. The maximum Gasteiger partial charge on any atom is 0.297 e. The molecule has 2 aromatic carbocycles. The Morgan fingerprint density at radius 2 is 1.13 bits per heavy atom. The zero-order valence-corrected chi connectivity index (χ0v) is 16.7. The van der Waals surface area contributed by atoms with E-state index in [0.29, 0.717) is 21.7 Å². The third-order valence-electron chi connectivity index (χ3n) is 5.42. The molecule has 4 rings (SSSR count). The van der Waals surface area contributed by atoms with Crippen molar-refractivity contribution in [2.45, 2.75) is 38.8 Å². The molecular formula is C22H21N4O5+. The number of imide groups is 2. The van der Waals surface area contributed by atoms with Crippen molar-refractivity contribution in [2.75, 3.05) is 5.43 Å². The fraction of sp³-hybridized carbons (Fsp3) is 0.273. The van der Waals surface area contributed by atoms with Gasteiger partial charge in [-0.1, -0.05) is 36.4 Å². The van der Waals surface area contributed by atoms with Crippen LogP contribution in [0.15, 0.2) is 48.5 Å². The van der Waals surface area contributed by atoms with Gasteiger partial charge in [0.05, 0.1) is 23.6 Å². The normalized spacial score (nSPS) is 16.4. The molecule has 2 aromatic rings. The molecule has 158 valence electrons. The number of nitroso groups, excluding NO2 is 1. The Morgan fingerprint density at radius 1 is 0.677 bits per heavy atom. The van der Waals surface area contributed by atoms with Crippen LogP contribution in [0.3, 0.4) is 0 Å². The van der Waals surface area contributed by atoms with Gasteiger partial charge in [0, 0.05) is 37.3 Å². The molecule has 2 fully saturated rings. The minimum atomic E-state index is -0.254. The molecule has 0 atom stereocenters. The Bertz CT molecular complexity index is 1060. The van der Waals surface area contributed by atoms with Crippen molar-refractivity contribution in [3.05, 3.63) is 64.6 Å². The number of hydrogen-bond donors (Lipinski definition) is 1. The predicted molar refractivity (Wildman–Crippen MR) is 109 cm³/mol. The Hall–Kier alpha value is -3.88. The lowest BCUT2D eigenvalue weighted by Gasteiger charge is -2.16. The van der Waals surface area contributed by atoms with E-state index in [1.165, 1.54) is 4.90 Å². The first-order chi connectivity index (χ1) is 14.9. The maximum atomic E-state index is 13.0. The molecule has 0 aliphatic carbocycles. The number of nitrogens with zero attached hydrogens (tertiary/aromatic N) is 3. The Labute approximate surface area is 178 Å². The van der Waals surface area contributed by atoms with Crippen LogP contribution in [0.5, 0.6) is 0 Å². The largest absolute Gasteiger partial charge is 0.297 e. The predicted octanol–water partition coefficient (Wildman–Crippen LogP) is 2.42. The SMILES string of the molecule is O=C1CCC(=O)N1Cc1ccccc1N[N+](=O)c1ccccc1CN1C(=O)CCC1=O. The lowest BCUT2D eigenvalue weighted by Crippen LogP contribution is -2.29. The second-order valence-corrected chi connectivity index (χ2v) is 7.44. The minimum Gasteiger partial charge on any atom is -0.278 e. The number of benzene rings is 2. The number of rotatable bonds is 7. The highest BCUT2D eigenvalue weighted by atomic mass is 16.3. The number of anilines is 1. The summed E-state index contributed by atoms with van der Waals surface area (Å²) in [7, 11) is 0. The summed E-state index contributed by atoms with van der Waals surface area (Å²) in [6.45, 7) is 0.0970. The van der Waals surface area contributed by atoms with Gasteiger partial charge in [0.15, 0.2) is 4.87 Å². The third-order valence-corrected chi connectivity index (χ3v) is 5.42. The first-order valence-corrected chi connectivity index (χ1v) is 10.00. The zero-order valence-electron chi connectivity index (χ0n) is 16.7. The molecule has 0 aromatic heterocycles. The molecule has 2 aliphatic heterocycles. The van der Waals surface area contributed by atoms with Gasteiger partial charge in [0.1, 0.15) is 5.69 Å². The van der Waals surface area contributed by atoms with E-state index < -0.39 is 0 Å². The van der Waals surface area contributed by atoms with Crippen LogP contribution in [0, 0.1) is 4.91 Å². The average Bonchev–Trinajstić information content (AvgIpc) is 3.25. The number of carbonyl (C=O) groups excluding carboxylic acids is 4. The average molecular weight is 421 g/mol. The van der Waals surface area contributed by atoms with E-state index in [1.54, 1.807) is 48.5 Å². The molecule has 4 amide bonds. The van der Waals surface area contributed by atoms with Gasteiger partial charge in [-0.15, -0.1) is 5.43 Å². The van der Waals surface area contributed by atoms with Crippen molar-refractivity contribution in [1.29, 1.82) is 0 Å². The van der Waals surface area contributed by atoms with Crippen molar-refractivity contribution in [1.82, 2.24) is 9.80 Å². The van der Waals surface area contributed by atoms with E-state index in [9.17, 15) is 24.1 Å². The summed E-state index contributed by atoms with van der Waals surface area (Å²) in [4.78, 5) is 63.7. The summed E-state index contributed by atoms with van der Waals surface area (Å²) >= 11 is 0. The van der Waals surface area contributed by atoms with Crippen LogP contribution < -0.4 is 5.43 Å². The highest BCUT2D eigenvalue weighted by Crippen LogP contribution is 2.26. The van der Waals surface area contributed by atoms with E-state index in [4.69, 9.17) is 0 Å².